The van der Waals surface area contributed by atoms with Gasteiger partial charge in [0.1, 0.15) is 19.3 Å². The van der Waals surface area contributed by atoms with E-state index < -0.39 is 97.5 Å². The van der Waals surface area contributed by atoms with Crippen molar-refractivity contribution in [3.05, 3.63) is 0 Å². The van der Waals surface area contributed by atoms with Crippen molar-refractivity contribution in [3.8, 4) is 0 Å². The van der Waals surface area contributed by atoms with Crippen LogP contribution in [-0.2, 0) is 65.4 Å². The van der Waals surface area contributed by atoms with E-state index in [1.165, 1.54) is 212 Å². The minimum absolute atomic E-state index is 0.106. The minimum Gasteiger partial charge on any atom is -0.462 e. The number of aliphatic hydroxyl groups excluding tert-OH is 1. The van der Waals surface area contributed by atoms with Crippen LogP contribution in [0.1, 0.15) is 401 Å². The summed E-state index contributed by atoms with van der Waals surface area (Å²) in [5, 5.41) is 10.6. The maximum absolute atomic E-state index is 13.1. The predicted octanol–water partition coefficient (Wildman–Crippen LogP) is 22.7. The first-order valence-electron chi connectivity index (χ1n) is 40.0. The number of phosphoric acid groups is 2. The fourth-order valence-electron chi connectivity index (χ4n) is 11.8. The van der Waals surface area contributed by atoms with Crippen molar-refractivity contribution in [1.29, 1.82) is 0 Å². The standard InChI is InChI=1S/C77H150O17P2/c1-7-9-11-13-14-15-16-17-18-19-23-26-32-37-42-48-54-60-75(80)88-66-73(94-77(82)62-55-49-43-38-33-27-24-21-20-22-25-30-35-40-46-51-57-69(3)4)68-92-96(85,86)90-64-71(78)63-89-95(83,84)91-67-72(65-87-74(79)59-53-45-12-10-8-2)93-76(81)61-56-50-44-39-34-29-28-31-36-41-47-52-58-70(5)6/h69-73,78H,7-68H2,1-6H3,(H,83,84)(H,85,86)/t71-,72+,73+/m0/s1. The number of hydrogen-bond acceptors (Lipinski definition) is 15. The molecule has 0 aromatic carbocycles. The third-order valence-corrected chi connectivity index (χ3v) is 19.9. The minimum atomic E-state index is -4.96. The van der Waals surface area contributed by atoms with Gasteiger partial charge in [-0.2, -0.15) is 0 Å². The van der Waals surface area contributed by atoms with Crippen molar-refractivity contribution in [1.82, 2.24) is 0 Å². The first-order chi connectivity index (χ1) is 46.4. The Morgan fingerprint density at radius 2 is 0.479 bits per heavy atom. The summed E-state index contributed by atoms with van der Waals surface area (Å²) in [6.07, 6.45) is 57.3. The van der Waals surface area contributed by atoms with Crippen LogP contribution in [0.2, 0.25) is 0 Å². The average Bonchev–Trinajstić information content (AvgIpc) is 2.11. The molecule has 0 aromatic rings. The molecule has 0 aliphatic rings. The van der Waals surface area contributed by atoms with E-state index in [1.807, 2.05) is 0 Å². The lowest BCUT2D eigenvalue weighted by atomic mass is 10.0. The Kier molecular flexibility index (Phi) is 67.4. The second kappa shape index (κ2) is 68.8. The summed E-state index contributed by atoms with van der Waals surface area (Å²) in [5.41, 5.74) is 0. The Morgan fingerprint density at radius 3 is 0.708 bits per heavy atom. The van der Waals surface area contributed by atoms with Gasteiger partial charge >= 0.3 is 39.5 Å². The summed E-state index contributed by atoms with van der Waals surface area (Å²) < 4.78 is 68.4. The van der Waals surface area contributed by atoms with E-state index in [0.717, 1.165) is 108 Å². The van der Waals surface area contributed by atoms with Crippen LogP contribution in [0.15, 0.2) is 0 Å². The van der Waals surface area contributed by atoms with Crippen molar-refractivity contribution >= 4 is 39.5 Å². The lowest BCUT2D eigenvalue weighted by Crippen LogP contribution is -2.30. The molecule has 3 N–H and O–H groups in total. The molecule has 0 aliphatic carbocycles. The molecule has 0 aromatic heterocycles. The van der Waals surface area contributed by atoms with Gasteiger partial charge in [-0.1, -0.05) is 350 Å². The highest BCUT2D eigenvalue weighted by Crippen LogP contribution is 2.45. The van der Waals surface area contributed by atoms with Gasteiger partial charge in [0.2, 0.25) is 0 Å². The molecule has 0 heterocycles. The number of phosphoric ester groups is 2. The molecule has 17 nitrogen and oxygen atoms in total. The van der Waals surface area contributed by atoms with Crippen LogP contribution < -0.4 is 0 Å². The number of ether oxygens (including phenoxy) is 4. The Hall–Kier alpha value is -1.94. The van der Waals surface area contributed by atoms with Crippen molar-refractivity contribution in [3.63, 3.8) is 0 Å². The second-order valence-corrected chi connectivity index (χ2v) is 31.6. The summed E-state index contributed by atoms with van der Waals surface area (Å²) in [5.74, 6) is -0.538. The second-order valence-electron chi connectivity index (χ2n) is 28.7. The maximum Gasteiger partial charge on any atom is 0.472 e. The van der Waals surface area contributed by atoms with Gasteiger partial charge in [0.05, 0.1) is 26.4 Å². The largest absolute Gasteiger partial charge is 0.472 e. The van der Waals surface area contributed by atoms with E-state index >= 15 is 0 Å². The summed E-state index contributed by atoms with van der Waals surface area (Å²) in [4.78, 5) is 72.6. The van der Waals surface area contributed by atoms with E-state index in [1.54, 1.807) is 0 Å². The lowest BCUT2D eigenvalue weighted by Gasteiger charge is -2.21. The first kappa shape index (κ1) is 94.1. The molecular formula is C77H150O17P2. The number of carbonyl (C=O) groups is 4. The van der Waals surface area contributed by atoms with Gasteiger partial charge in [0.15, 0.2) is 12.2 Å². The molecule has 0 spiro atoms. The molecule has 0 bridgehead atoms. The molecule has 0 aliphatic heterocycles. The third-order valence-electron chi connectivity index (χ3n) is 18.0. The zero-order valence-electron chi connectivity index (χ0n) is 62.7. The SMILES string of the molecule is CCCCCCCCCCCCCCCCCCCC(=O)OC[C@H](COP(=O)(O)OC[C@@H](O)COP(=O)(O)OC[C@@H](COC(=O)CCCCCCC)OC(=O)CCCCCCCCCCCCCCC(C)C)OC(=O)CCCCCCCCCCCCCCCCCCC(C)C. The molecule has 570 valence electrons. The van der Waals surface area contributed by atoms with E-state index in [-0.39, 0.29) is 25.7 Å². The maximum atomic E-state index is 13.1. The Morgan fingerprint density at radius 1 is 0.281 bits per heavy atom. The molecule has 0 amide bonds. The van der Waals surface area contributed by atoms with E-state index in [0.29, 0.717) is 25.7 Å². The van der Waals surface area contributed by atoms with Crippen LogP contribution in [0.4, 0.5) is 0 Å². The number of hydrogen-bond donors (Lipinski definition) is 3. The third kappa shape index (κ3) is 70.5. The normalized spacial score (nSPS) is 14.0. The smallest absolute Gasteiger partial charge is 0.462 e. The number of aliphatic hydroxyl groups is 1. The van der Waals surface area contributed by atoms with Gasteiger partial charge < -0.3 is 33.8 Å². The van der Waals surface area contributed by atoms with Crippen molar-refractivity contribution in [2.45, 2.75) is 419 Å². The van der Waals surface area contributed by atoms with Crippen LogP contribution in [0, 0.1) is 11.8 Å². The van der Waals surface area contributed by atoms with Gasteiger partial charge in [-0.05, 0) is 37.5 Å². The first-order valence-corrected chi connectivity index (χ1v) is 43.0. The lowest BCUT2D eigenvalue weighted by molar-refractivity contribution is -0.161. The monoisotopic (exact) mass is 1410 g/mol. The van der Waals surface area contributed by atoms with Gasteiger partial charge in [-0.15, -0.1) is 0 Å². The van der Waals surface area contributed by atoms with Crippen LogP contribution in [0.5, 0.6) is 0 Å². The predicted molar refractivity (Wildman–Crippen MR) is 391 cm³/mol. The van der Waals surface area contributed by atoms with Crippen LogP contribution in [-0.4, -0.2) is 96.7 Å². The summed E-state index contributed by atoms with van der Waals surface area (Å²) in [6.45, 7) is 9.56. The Labute approximate surface area is 588 Å². The van der Waals surface area contributed by atoms with Crippen LogP contribution >= 0.6 is 15.6 Å². The highest BCUT2D eigenvalue weighted by atomic mass is 31.2. The summed E-state index contributed by atoms with van der Waals surface area (Å²) in [7, 11) is -9.90. The van der Waals surface area contributed by atoms with Gasteiger partial charge in [-0.25, -0.2) is 9.13 Å². The number of rotatable bonds is 76. The zero-order chi connectivity index (χ0) is 70.7. The molecule has 2 unspecified atom stereocenters. The van der Waals surface area contributed by atoms with Crippen LogP contribution in [0.3, 0.4) is 0 Å². The molecule has 0 saturated heterocycles. The molecule has 0 saturated carbocycles. The van der Waals surface area contributed by atoms with Gasteiger partial charge in [0, 0.05) is 25.7 Å². The quantitative estimate of drug-likeness (QED) is 0.0222. The highest BCUT2D eigenvalue weighted by Gasteiger charge is 2.30. The fourth-order valence-corrected chi connectivity index (χ4v) is 13.4. The Balaban J connectivity index is 5.14. The molecule has 0 radical (unpaired) electrons. The van der Waals surface area contributed by atoms with Crippen molar-refractivity contribution in [2.75, 3.05) is 39.6 Å². The molecule has 0 rings (SSSR count). The fraction of sp³-hybridized carbons (Fsp3) is 0.948. The summed E-state index contributed by atoms with van der Waals surface area (Å²) in [6, 6.07) is 0. The Bertz CT molecular complexity index is 1860. The van der Waals surface area contributed by atoms with E-state index in [4.69, 9.17) is 37.0 Å². The topological polar surface area (TPSA) is 237 Å². The molecule has 0 fully saturated rings. The van der Waals surface area contributed by atoms with Gasteiger partial charge in [-0.3, -0.25) is 37.3 Å². The molecule has 19 heteroatoms. The summed E-state index contributed by atoms with van der Waals surface area (Å²) >= 11 is 0. The van der Waals surface area contributed by atoms with Crippen LogP contribution in [0.25, 0.3) is 0 Å². The molecular weight excluding hydrogens is 1260 g/mol. The van der Waals surface area contributed by atoms with E-state index in [9.17, 15) is 43.2 Å². The average molecular weight is 1410 g/mol. The number of carbonyl (C=O) groups excluding carboxylic acids is 4. The highest BCUT2D eigenvalue weighted by molar-refractivity contribution is 7.47. The van der Waals surface area contributed by atoms with Crippen molar-refractivity contribution in [2.24, 2.45) is 11.8 Å². The molecule has 96 heavy (non-hydrogen) atoms. The van der Waals surface area contributed by atoms with Gasteiger partial charge in [0.25, 0.3) is 0 Å². The number of esters is 4. The zero-order valence-corrected chi connectivity index (χ0v) is 64.5. The van der Waals surface area contributed by atoms with E-state index in [2.05, 4.69) is 41.5 Å². The molecule has 5 atom stereocenters. The van der Waals surface area contributed by atoms with Crippen molar-refractivity contribution < 1.29 is 80.2 Å². The number of unbranched alkanes of at least 4 members (excludes halogenated alkanes) is 46.